The summed E-state index contributed by atoms with van der Waals surface area (Å²) < 4.78 is 15.5. The third kappa shape index (κ3) is 5.12. The second-order valence-electron chi connectivity index (χ2n) is 7.32. The van der Waals surface area contributed by atoms with Crippen LogP contribution in [0.1, 0.15) is 38.4 Å². The van der Waals surface area contributed by atoms with Crippen molar-refractivity contribution in [1.82, 2.24) is 9.88 Å². The van der Waals surface area contributed by atoms with E-state index in [-0.39, 0.29) is 5.82 Å². The highest BCUT2D eigenvalue weighted by atomic mass is 32.2. The van der Waals surface area contributed by atoms with E-state index in [9.17, 15) is 14.3 Å². The van der Waals surface area contributed by atoms with Crippen molar-refractivity contribution in [3.05, 3.63) is 88.0 Å². The molecule has 0 atom stereocenters. The molecule has 0 amide bonds. The highest BCUT2D eigenvalue weighted by Gasteiger charge is 2.22. The van der Waals surface area contributed by atoms with Crippen molar-refractivity contribution >= 4 is 17.7 Å². The largest absolute Gasteiger partial charge is 0.478 e. The van der Waals surface area contributed by atoms with Crippen molar-refractivity contribution in [1.29, 1.82) is 0 Å². The Morgan fingerprint density at radius 3 is 2.47 bits per heavy atom. The monoisotopic (exact) mass is 426 g/mol. The molecule has 4 nitrogen and oxygen atoms in total. The van der Waals surface area contributed by atoms with E-state index in [1.54, 1.807) is 17.8 Å². The van der Waals surface area contributed by atoms with Crippen molar-refractivity contribution in [2.75, 3.05) is 12.8 Å². The number of benzene rings is 2. The molecule has 158 valence electrons. The molecule has 2 N–H and O–H groups in total. The topological polar surface area (TPSA) is 54.3 Å². The van der Waals surface area contributed by atoms with Gasteiger partial charge in [0, 0.05) is 34.9 Å². The number of thioether (sulfide) groups is 1. The second kappa shape index (κ2) is 9.96. The van der Waals surface area contributed by atoms with Gasteiger partial charge in [-0.1, -0.05) is 24.3 Å². The Kier molecular flexibility index (Phi) is 7.34. The molecule has 0 saturated carbocycles. The quantitative estimate of drug-likeness (QED) is 0.372. The molecule has 0 fully saturated rings. The van der Waals surface area contributed by atoms with Crippen molar-refractivity contribution in [3.63, 3.8) is 0 Å². The van der Waals surface area contributed by atoms with E-state index in [1.165, 1.54) is 22.6 Å². The third-order valence-corrected chi connectivity index (χ3v) is 6.15. The number of aromatic nitrogens is 1. The van der Waals surface area contributed by atoms with Crippen LogP contribution in [0.15, 0.2) is 53.4 Å². The number of halogens is 1. The molecule has 0 radical (unpaired) electrons. The number of hydrogen-bond donors (Lipinski definition) is 2. The summed E-state index contributed by atoms with van der Waals surface area (Å²) in [5.41, 5.74) is 4.76. The summed E-state index contributed by atoms with van der Waals surface area (Å²) in [5, 5.41) is 13.2. The molecule has 0 bridgehead atoms. The van der Waals surface area contributed by atoms with Crippen LogP contribution in [-0.4, -0.2) is 28.4 Å². The Hall–Kier alpha value is -2.57. The van der Waals surface area contributed by atoms with Crippen LogP contribution in [0.3, 0.4) is 0 Å². The molecule has 1 aromatic heterocycles. The Bertz CT molecular complexity index is 1030. The van der Waals surface area contributed by atoms with Gasteiger partial charge in [0.15, 0.2) is 0 Å². The molecule has 2 aromatic carbocycles. The number of carboxylic acids is 1. The fourth-order valence-corrected chi connectivity index (χ4v) is 4.15. The lowest BCUT2D eigenvalue weighted by atomic mass is 10.1. The zero-order valence-electron chi connectivity index (χ0n) is 17.5. The first-order chi connectivity index (χ1) is 14.4. The van der Waals surface area contributed by atoms with Gasteiger partial charge in [-0.2, -0.15) is 0 Å². The first-order valence-electron chi connectivity index (χ1n) is 9.90. The molecule has 0 aliphatic heterocycles. The van der Waals surface area contributed by atoms with Gasteiger partial charge in [0.1, 0.15) is 5.82 Å². The van der Waals surface area contributed by atoms with Crippen molar-refractivity contribution in [2.45, 2.75) is 38.3 Å². The van der Waals surface area contributed by atoms with E-state index < -0.39 is 5.97 Å². The Labute approximate surface area is 181 Å². The van der Waals surface area contributed by atoms with Gasteiger partial charge in [0.05, 0.1) is 5.56 Å². The van der Waals surface area contributed by atoms with Crippen molar-refractivity contribution in [3.8, 4) is 0 Å². The number of hydrogen-bond acceptors (Lipinski definition) is 3. The number of carboxylic acid groups (broad SMARTS) is 1. The maximum Gasteiger partial charge on any atom is 0.337 e. The molecule has 6 heteroatoms. The lowest BCUT2D eigenvalue weighted by molar-refractivity contribution is 0.0694. The Balaban J connectivity index is 1.72. The number of rotatable bonds is 9. The average Bonchev–Trinajstić information content (AvgIpc) is 2.96. The fourth-order valence-electron chi connectivity index (χ4n) is 3.74. The molecule has 0 aliphatic carbocycles. The predicted molar refractivity (Wildman–Crippen MR) is 120 cm³/mol. The normalized spacial score (nSPS) is 11.1. The summed E-state index contributed by atoms with van der Waals surface area (Å²) in [6.07, 6.45) is 2.93. The second-order valence-corrected chi connectivity index (χ2v) is 8.20. The van der Waals surface area contributed by atoms with Gasteiger partial charge in [-0.3, -0.25) is 0 Å². The molecule has 30 heavy (non-hydrogen) atoms. The van der Waals surface area contributed by atoms with Crippen LogP contribution >= 0.6 is 11.8 Å². The first-order valence-corrected chi connectivity index (χ1v) is 11.1. The molecular weight excluding hydrogens is 399 g/mol. The van der Waals surface area contributed by atoms with E-state index in [4.69, 9.17) is 0 Å². The van der Waals surface area contributed by atoms with Crippen LogP contribution in [0.2, 0.25) is 0 Å². The van der Waals surface area contributed by atoms with E-state index in [0.717, 1.165) is 29.8 Å². The molecule has 0 unspecified atom stereocenters. The van der Waals surface area contributed by atoms with E-state index in [1.807, 2.05) is 24.5 Å². The van der Waals surface area contributed by atoms with Gasteiger partial charge in [0.25, 0.3) is 0 Å². The molecule has 0 spiro atoms. The number of nitrogens with one attached hydrogen (secondary N) is 1. The first kappa shape index (κ1) is 22.1. The molecule has 3 aromatic rings. The fraction of sp³-hybridized carbons (Fsp3) is 0.292. The van der Waals surface area contributed by atoms with Crippen LogP contribution in [-0.2, 0) is 19.5 Å². The van der Waals surface area contributed by atoms with Gasteiger partial charge in [-0.15, -0.1) is 11.8 Å². The Morgan fingerprint density at radius 2 is 1.83 bits per heavy atom. The maximum atomic E-state index is 13.6. The van der Waals surface area contributed by atoms with Crippen LogP contribution in [0.4, 0.5) is 4.39 Å². The van der Waals surface area contributed by atoms with Gasteiger partial charge in [0.2, 0.25) is 0 Å². The molecular formula is C24H27FN2O2S. The summed E-state index contributed by atoms with van der Waals surface area (Å²) >= 11 is 1.72. The lowest BCUT2D eigenvalue weighted by Crippen LogP contribution is -2.18. The minimum atomic E-state index is -0.932. The standard InChI is InChI=1S/C24H27FN2O2S/c1-16-22(14-26-12-11-18-7-9-21(30-3)10-8-18)23(24(28)29)17(2)27(16)15-19-5-4-6-20(25)13-19/h4-10,13,26H,11-12,14-15H2,1-3H3,(H,28,29). The molecule has 1 heterocycles. The van der Waals surface area contributed by atoms with Crippen molar-refractivity contribution in [2.24, 2.45) is 0 Å². The van der Waals surface area contributed by atoms with Gasteiger partial charge in [-0.25, -0.2) is 9.18 Å². The summed E-state index contributed by atoms with van der Waals surface area (Å²) in [6, 6.07) is 14.9. The average molecular weight is 427 g/mol. The smallest absolute Gasteiger partial charge is 0.337 e. The zero-order chi connectivity index (χ0) is 21.7. The minimum Gasteiger partial charge on any atom is -0.478 e. The maximum absolute atomic E-state index is 13.6. The Morgan fingerprint density at radius 1 is 1.10 bits per heavy atom. The number of carbonyl (C=O) groups is 1. The minimum absolute atomic E-state index is 0.291. The summed E-state index contributed by atoms with van der Waals surface area (Å²) in [7, 11) is 0. The summed E-state index contributed by atoms with van der Waals surface area (Å²) in [4.78, 5) is 13.2. The lowest BCUT2D eigenvalue weighted by Gasteiger charge is -2.10. The third-order valence-electron chi connectivity index (χ3n) is 5.40. The van der Waals surface area contributed by atoms with E-state index >= 15 is 0 Å². The highest BCUT2D eigenvalue weighted by Crippen LogP contribution is 2.24. The molecule has 3 rings (SSSR count). The van der Waals surface area contributed by atoms with Crippen LogP contribution in [0.25, 0.3) is 0 Å². The van der Waals surface area contributed by atoms with Crippen LogP contribution in [0, 0.1) is 19.7 Å². The zero-order valence-corrected chi connectivity index (χ0v) is 18.4. The SMILES string of the molecule is CSc1ccc(CCNCc2c(C(=O)O)c(C)n(Cc3cccc(F)c3)c2C)cc1. The van der Waals surface area contributed by atoms with Gasteiger partial charge in [-0.05, 0) is 68.5 Å². The van der Waals surface area contributed by atoms with Crippen molar-refractivity contribution < 1.29 is 14.3 Å². The van der Waals surface area contributed by atoms with Gasteiger partial charge >= 0.3 is 5.97 Å². The number of nitrogens with zero attached hydrogens (tertiary/aromatic N) is 1. The summed E-state index contributed by atoms with van der Waals surface area (Å²) in [6.45, 7) is 5.42. The van der Waals surface area contributed by atoms with Crippen LogP contribution in [0.5, 0.6) is 0 Å². The summed E-state index contributed by atoms with van der Waals surface area (Å²) in [5.74, 6) is -1.22. The van der Waals surface area contributed by atoms with Crippen LogP contribution < -0.4 is 5.32 Å². The van der Waals surface area contributed by atoms with E-state index in [2.05, 4.69) is 35.8 Å². The predicted octanol–water partition coefficient (Wildman–Crippen LogP) is 5.04. The van der Waals surface area contributed by atoms with Gasteiger partial charge < -0.3 is 15.0 Å². The molecule has 0 aliphatic rings. The van der Waals surface area contributed by atoms with E-state index in [0.29, 0.717) is 24.3 Å². The molecule has 0 saturated heterocycles. The highest BCUT2D eigenvalue weighted by molar-refractivity contribution is 7.98. The number of aromatic carboxylic acids is 1.